The molecule has 0 unspecified atom stereocenters. The van der Waals surface area contributed by atoms with Crippen LogP contribution in [0.2, 0.25) is 0 Å². The van der Waals surface area contributed by atoms with Crippen molar-refractivity contribution in [2.75, 3.05) is 27.2 Å². The highest BCUT2D eigenvalue weighted by Crippen LogP contribution is 2.04. The zero-order chi connectivity index (χ0) is 22.8. The molecule has 1 heterocycles. The van der Waals surface area contributed by atoms with E-state index in [1.807, 2.05) is 54.1 Å². The number of allylic oxidation sites excluding steroid dienone is 2. The normalized spacial score (nSPS) is 11.4. The Morgan fingerprint density at radius 2 is 1.83 bits per heavy atom. The van der Waals surface area contributed by atoms with Crippen LogP contribution in [0.15, 0.2) is 40.2 Å². The summed E-state index contributed by atoms with van der Waals surface area (Å²) < 4.78 is 4.82. The first-order chi connectivity index (χ1) is 13.7. The summed E-state index contributed by atoms with van der Waals surface area (Å²) in [6, 6.07) is 0. The van der Waals surface area contributed by atoms with Crippen molar-refractivity contribution in [2.24, 2.45) is 11.6 Å². The van der Waals surface area contributed by atoms with Crippen molar-refractivity contribution in [2.45, 2.75) is 67.2 Å². The van der Waals surface area contributed by atoms with E-state index in [1.54, 1.807) is 11.9 Å². The second-order valence-electron chi connectivity index (χ2n) is 6.89. The lowest BCUT2D eigenvalue weighted by Gasteiger charge is -2.16. The highest BCUT2D eigenvalue weighted by molar-refractivity contribution is 5.04. The Labute approximate surface area is 178 Å². The molecular weight excluding hydrogens is 364 g/mol. The van der Waals surface area contributed by atoms with Gasteiger partial charge in [-0.25, -0.2) is 5.84 Å². The van der Waals surface area contributed by atoms with E-state index in [1.165, 1.54) is 11.1 Å². The summed E-state index contributed by atoms with van der Waals surface area (Å²) in [7, 11) is 4.05. The van der Waals surface area contributed by atoms with Crippen LogP contribution >= 0.6 is 0 Å². The second-order valence-corrected chi connectivity index (χ2v) is 6.89. The van der Waals surface area contributed by atoms with E-state index >= 15 is 0 Å². The van der Waals surface area contributed by atoms with Crippen LogP contribution < -0.4 is 11.6 Å². The molecule has 0 aliphatic rings. The van der Waals surface area contributed by atoms with Crippen molar-refractivity contribution in [3.8, 4) is 0 Å². The SMILES string of the molecule is C/C=C(\C)Cc1noc(C)n1.C=C(CC)CCN(N)/C=C(\N)CCN(C)C.CC. The van der Waals surface area contributed by atoms with Crippen molar-refractivity contribution in [1.82, 2.24) is 20.0 Å². The summed E-state index contributed by atoms with van der Waals surface area (Å²) >= 11 is 0. The van der Waals surface area contributed by atoms with E-state index in [0.717, 1.165) is 50.3 Å². The maximum atomic E-state index is 5.85. The minimum absolute atomic E-state index is 0.629. The molecule has 0 aliphatic heterocycles. The molecule has 7 nitrogen and oxygen atoms in total. The first kappa shape index (κ1) is 29.1. The van der Waals surface area contributed by atoms with Crippen molar-refractivity contribution >= 4 is 0 Å². The average molecular weight is 409 g/mol. The Morgan fingerprint density at radius 1 is 1.21 bits per heavy atom. The predicted octanol–water partition coefficient (Wildman–Crippen LogP) is 4.18. The lowest BCUT2D eigenvalue weighted by molar-refractivity contribution is 0.383. The molecule has 1 aromatic rings. The van der Waals surface area contributed by atoms with Crippen LogP contribution in [-0.2, 0) is 6.42 Å². The zero-order valence-electron chi connectivity index (χ0n) is 20.0. The van der Waals surface area contributed by atoms with Gasteiger partial charge in [-0.15, -0.1) is 0 Å². The molecule has 0 spiro atoms. The van der Waals surface area contributed by atoms with Gasteiger partial charge in [0.2, 0.25) is 5.89 Å². The Kier molecular flexibility index (Phi) is 18.0. The lowest BCUT2D eigenvalue weighted by atomic mass is 10.2. The Morgan fingerprint density at radius 3 is 2.28 bits per heavy atom. The molecule has 0 radical (unpaired) electrons. The number of rotatable bonds is 10. The van der Waals surface area contributed by atoms with E-state index in [4.69, 9.17) is 16.1 Å². The van der Waals surface area contributed by atoms with Gasteiger partial charge in [0, 0.05) is 44.8 Å². The quantitative estimate of drug-likeness (QED) is 0.340. The molecule has 1 rings (SSSR count). The van der Waals surface area contributed by atoms with Gasteiger partial charge in [-0.1, -0.05) is 49.7 Å². The number of hydrogen-bond donors (Lipinski definition) is 2. The van der Waals surface area contributed by atoms with Crippen LogP contribution in [0.3, 0.4) is 0 Å². The molecule has 0 amide bonds. The molecular formula is C22H44N6O. The number of hydrogen-bond acceptors (Lipinski definition) is 7. The maximum absolute atomic E-state index is 5.85. The van der Waals surface area contributed by atoms with Gasteiger partial charge in [-0.2, -0.15) is 4.98 Å². The van der Waals surface area contributed by atoms with E-state index < -0.39 is 0 Å². The summed E-state index contributed by atoms with van der Waals surface area (Å²) in [6.45, 7) is 17.6. The van der Waals surface area contributed by atoms with Crippen LogP contribution in [0.4, 0.5) is 0 Å². The first-order valence-corrected chi connectivity index (χ1v) is 10.4. The number of nitrogens with zero attached hydrogens (tertiary/aromatic N) is 4. The number of hydrazine groups is 1. The van der Waals surface area contributed by atoms with Crippen LogP contribution in [0.1, 0.15) is 65.6 Å². The van der Waals surface area contributed by atoms with Gasteiger partial charge in [0.25, 0.3) is 0 Å². The van der Waals surface area contributed by atoms with Crippen LogP contribution in [0.5, 0.6) is 0 Å². The van der Waals surface area contributed by atoms with E-state index in [2.05, 4.69) is 28.5 Å². The molecule has 0 saturated heterocycles. The Balaban J connectivity index is 0. The fourth-order valence-corrected chi connectivity index (χ4v) is 1.92. The predicted molar refractivity (Wildman–Crippen MR) is 124 cm³/mol. The molecule has 0 bridgehead atoms. The largest absolute Gasteiger partial charge is 0.401 e. The van der Waals surface area contributed by atoms with Crippen molar-refractivity contribution in [3.63, 3.8) is 0 Å². The monoisotopic (exact) mass is 408 g/mol. The van der Waals surface area contributed by atoms with Gasteiger partial charge in [0.1, 0.15) is 0 Å². The highest BCUT2D eigenvalue weighted by atomic mass is 16.5. The molecule has 168 valence electrons. The molecule has 0 saturated carbocycles. The Hall–Kier alpha value is -2.12. The minimum Gasteiger partial charge on any atom is -0.401 e. The molecule has 0 fully saturated rings. The van der Waals surface area contributed by atoms with Gasteiger partial charge < -0.3 is 20.2 Å². The molecule has 0 aromatic carbocycles. The van der Waals surface area contributed by atoms with Crippen LogP contribution in [0.25, 0.3) is 0 Å². The van der Waals surface area contributed by atoms with Crippen LogP contribution in [-0.4, -0.2) is 47.2 Å². The third-order valence-electron chi connectivity index (χ3n) is 3.90. The third kappa shape index (κ3) is 17.7. The number of aromatic nitrogens is 2. The fraction of sp³-hybridized carbons (Fsp3) is 0.636. The Bertz CT molecular complexity index is 604. The summed E-state index contributed by atoms with van der Waals surface area (Å²) in [5.41, 5.74) is 9.14. The molecule has 0 atom stereocenters. The molecule has 29 heavy (non-hydrogen) atoms. The smallest absolute Gasteiger partial charge is 0.223 e. The summed E-state index contributed by atoms with van der Waals surface area (Å²) in [5, 5.41) is 5.42. The first-order valence-electron chi connectivity index (χ1n) is 10.4. The summed E-state index contributed by atoms with van der Waals surface area (Å²) in [6.07, 6.45) is 7.42. The van der Waals surface area contributed by atoms with E-state index in [9.17, 15) is 0 Å². The summed E-state index contributed by atoms with van der Waals surface area (Å²) in [4.78, 5) is 6.18. The number of nitrogens with two attached hydrogens (primary N) is 2. The topological polar surface area (TPSA) is 97.4 Å². The van der Waals surface area contributed by atoms with Crippen LogP contribution in [0, 0.1) is 6.92 Å². The minimum atomic E-state index is 0.629. The van der Waals surface area contributed by atoms with Gasteiger partial charge in [0.15, 0.2) is 5.82 Å². The summed E-state index contributed by atoms with van der Waals surface area (Å²) in [5.74, 6) is 7.20. The lowest BCUT2D eigenvalue weighted by Crippen LogP contribution is -2.28. The van der Waals surface area contributed by atoms with Gasteiger partial charge in [0.05, 0.1) is 0 Å². The number of aryl methyl sites for hydroxylation is 1. The van der Waals surface area contributed by atoms with Crippen molar-refractivity contribution in [1.29, 1.82) is 0 Å². The van der Waals surface area contributed by atoms with E-state index in [0.29, 0.717) is 5.89 Å². The molecule has 0 aliphatic carbocycles. The standard InChI is InChI=1S/C12H26N4.C8H12N2O.C2H6/c1-5-11(2)6-9-16(14)10-12(13)7-8-15(3)4;1-4-6(2)5-8-9-7(3)11-10-8;1-2/h10H,2,5-9,13-14H2,1,3-4H3;4H,5H2,1-3H3;1-2H3/b12-10-;6-4+;. The van der Waals surface area contributed by atoms with Crippen molar-refractivity contribution in [3.05, 3.63) is 47.4 Å². The second kappa shape index (κ2) is 17.9. The molecule has 4 N–H and O–H groups in total. The fourth-order valence-electron chi connectivity index (χ4n) is 1.92. The van der Waals surface area contributed by atoms with Crippen molar-refractivity contribution < 1.29 is 4.52 Å². The molecule has 1 aromatic heterocycles. The maximum Gasteiger partial charge on any atom is 0.223 e. The van der Waals surface area contributed by atoms with Gasteiger partial charge >= 0.3 is 0 Å². The highest BCUT2D eigenvalue weighted by Gasteiger charge is 2.01. The molecule has 7 heteroatoms. The average Bonchev–Trinajstić information content (AvgIpc) is 3.10. The van der Waals surface area contributed by atoms with Gasteiger partial charge in [-0.3, -0.25) is 0 Å². The van der Waals surface area contributed by atoms with E-state index in [-0.39, 0.29) is 0 Å². The zero-order valence-corrected chi connectivity index (χ0v) is 20.0. The third-order valence-corrected chi connectivity index (χ3v) is 3.90. The van der Waals surface area contributed by atoms with Gasteiger partial charge in [-0.05, 0) is 40.8 Å².